The molecule has 8 amide bonds. The number of hydrogen-bond donors (Lipinski definition) is 4. The number of carbonyl (C=O) groups excluding carboxylic acids is 8. The van der Waals surface area contributed by atoms with Crippen LogP contribution >= 0.6 is 0 Å². The summed E-state index contributed by atoms with van der Waals surface area (Å²) in [6, 6.07) is 15.0. The molecule has 4 N–H and O–H groups in total. The Bertz CT molecular complexity index is 3630. The van der Waals surface area contributed by atoms with Gasteiger partial charge in [0.15, 0.2) is 5.82 Å². The number of nitrogens with zero attached hydrogens (tertiary/aromatic N) is 8. The molecule has 13 rings (SSSR count). The van der Waals surface area contributed by atoms with Gasteiger partial charge in [0.05, 0.1) is 45.7 Å². The molecule has 3 aromatic carbocycles. The molecular formula is C64H73FN12O8. The van der Waals surface area contributed by atoms with E-state index in [0.29, 0.717) is 104 Å². The Kier molecular flexibility index (Phi) is 14.4. The Labute approximate surface area is 492 Å². The summed E-state index contributed by atoms with van der Waals surface area (Å²) in [7, 11) is 0. The van der Waals surface area contributed by atoms with Crippen LogP contribution in [0.15, 0.2) is 60.9 Å². The third kappa shape index (κ3) is 9.79. The molecule has 20 nitrogen and oxygen atoms in total. The molecule has 2 saturated carbocycles. The molecule has 6 aliphatic heterocycles. The molecule has 8 heterocycles. The quantitative estimate of drug-likeness (QED) is 0.0845. The highest BCUT2D eigenvalue weighted by molar-refractivity contribution is 6.25. The number of aryl methyl sites for hydroxylation is 1. The van der Waals surface area contributed by atoms with Gasteiger partial charge in [0.1, 0.15) is 17.4 Å². The molecule has 2 aromatic heterocycles. The zero-order valence-electron chi connectivity index (χ0n) is 48.8. The average molecular weight is 1160 g/mol. The van der Waals surface area contributed by atoms with Crippen molar-refractivity contribution in [2.75, 3.05) is 54.8 Å². The average Bonchev–Trinajstić information content (AvgIpc) is 1.63. The number of anilines is 4. The van der Waals surface area contributed by atoms with E-state index in [9.17, 15) is 33.6 Å². The summed E-state index contributed by atoms with van der Waals surface area (Å²) < 4.78 is 17.9. The van der Waals surface area contributed by atoms with E-state index >= 15 is 9.18 Å². The number of hydrogen-bond acceptors (Lipinski definition) is 13. The summed E-state index contributed by atoms with van der Waals surface area (Å²) in [6.07, 6.45) is 9.65. The van der Waals surface area contributed by atoms with E-state index in [1.807, 2.05) is 49.3 Å². The monoisotopic (exact) mass is 1160 g/mol. The van der Waals surface area contributed by atoms with Gasteiger partial charge in [-0.25, -0.2) is 14.4 Å². The number of pyridine rings is 1. The Morgan fingerprint density at radius 3 is 2.26 bits per heavy atom. The number of imide groups is 2. The second kappa shape index (κ2) is 21.8. The maximum absolute atomic E-state index is 16.0. The van der Waals surface area contributed by atoms with Crippen molar-refractivity contribution in [1.82, 2.24) is 44.8 Å². The highest BCUT2D eigenvalue weighted by Crippen LogP contribution is 2.53. The summed E-state index contributed by atoms with van der Waals surface area (Å²) >= 11 is 0. The van der Waals surface area contributed by atoms with Crippen molar-refractivity contribution in [1.29, 1.82) is 0 Å². The standard InChI is InChI=1S/C64H73FN12O8/c1-34(2)67-57(79)44-30-49(46(65)24-36(44)5)70-56-55-50(66-33-75(55)35(3)4)31-48(69-56)37-12-13-45-52(27-37)76(42-28-41(29-42)72-19-7-6-8-20-72)63(85)64(45)17-22-73(23-18-64)59(81)38-16-21-74(32-38)60(82)39-25-40(26-39)68-47-11-9-10-43-54(47)62(84)77(61(43)83)51-14-15-53(78)71-58(51)80/h9-13,24,27,30-31,33-35,38-42,51,68H,6-8,14-23,25-26,28-29,32H2,1-5H3,(H,67,79)(H,69,70)(H,71,78,80)/t38?,39?,40?,41-,42+,51?. The fraction of sp³-hybridized carbons (Fsp3) is 0.500. The molecule has 0 bridgehead atoms. The first kappa shape index (κ1) is 56.1. The van der Waals surface area contributed by atoms with Gasteiger partial charge in [0.25, 0.3) is 17.7 Å². The number of rotatable bonds is 13. The van der Waals surface area contributed by atoms with Gasteiger partial charge in [-0.05, 0) is 159 Å². The Hall–Kier alpha value is -8.07. The zero-order valence-corrected chi connectivity index (χ0v) is 48.8. The minimum absolute atomic E-state index is 0.00367. The molecule has 85 heavy (non-hydrogen) atoms. The number of imidazole rings is 1. The van der Waals surface area contributed by atoms with Gasteiger partial charge >= 0.3 is 0 Å². The van der Waals surface area contributed by atoms with Gasteiger partial charge in [-0.15, -0.1) is 0 Å². The zero-order chi connectivity index (χ0) is 59.3. The number of piperidine rings is 3. The Balaban J connectivity index is 0.700. The van der Waals surface area contributed by atoms with Crippen molar-refractivity contribution < 1.29 is 42.7 Å². The Morgan fingerprint density at radius 2 is 1.53 bits per heavy atom. The van der Waals surface area contributed by atoms with Gasteiger partial charge < -0.3 is 40.1 Å². The predicted molar refractivity (Wildman–Crippen MR) is 316 cm³/mol. The normalized spacial score (nSPS) is 24.7. The van der Waals surface area contributed by atoms with E-state index in [1.54, 1.807) is 36.4 Å². The van der Waals surface area contributed by atoms with Crippen molar-refractivity contribution in [2.24, 2.45) is 11.8 Å². The summed E-state index contributed by atoms with van der Waals surface area (Å²) in [4.78, 5) is 128. The van der Waals surface area contributed by atoms with Crippen LogP contribution in [0.4, 0.5) is 27.3 Å². The largest absolute Gasteiger partial charge is 0.382 e. The third-order valence-corrected chi connectivity index (χ3v) is 19.5. The van der Waals surface area contributed by atoms with Crippen molar-refractivity contribution in [3.63, 3.8) is 0 Å². The van der Waals surface area contributed by atoms with Crippen molar-refractivity contribution in [3.8, 4) is 11.3 Å². The summed E-state index contributed by atoms with van der Waals surface area (Å²) in [5.74, 6) is -3.36. The maximum atomic E-state index is 16.0. The Morgan fingerprint density at radius 1 is 0.776 bits per heavy atom. The van der Waals surface area contributed by atoms with Crippen LogP contribution in [0.2, 0.25) is 0 Å². The number of amides is 8. The molecule has 2 atom stereocenters. The highest BCUT2D eigenvalue weighted by atomic mass is 19.1. The number of aromatic nitrogens is 3. The van der Waals surface area contributed by atoms with Gasteiger partial charge in [-0.3, -0.25) is 48.6 Å². The second-order valence-electron chi connectivity index (χ2n) is 25.5. The number of likely N-dealkylation sites (tertiary alicyclic amines) is 3. The molecule has 4 saturated heterocycles. The lowest BCUT2D eigenvalue weighted by Crippen LogP contribution is -2.58. The lowest BCUT2D eigenvalue weighted by atomic mass is 9.73. The molecule has 6 fully saturated rings. The first-order valence-corrected chi connectivity index (χ1v) is 30.5. The highest BCUT2D eigenvalue weighted by Gasteiger charge is 2.56. The van der Waals surface area contributed by atoms with Crippen LogP contribution in [-0.4, -0.2) is 151 Å². The van der Waals surface area contributed by atoms with Crippen LogP contribution in [0.5, 0.6) is 0 Å². The second-order valence-corrected chi connectivity index (χ2v) is 25.5. The summed E-state index contributed by atoms with van der Waals surface area (Å²) in [5.41, 5.74) is 5.39. The SMILES string of the molecule is Cc1cc(F)c(Nc2nc(-c3ccc4c(c3)N([C@H]3C[C@@H](N5CCCCC5)C3)C(=O)C43CCN(C(=O)C4CCN(C(=O)C5CC(Nc6cccc7c6C(=O)N(C6CCC(=O)NC6=O)C7=O)C5)C4)CC3)cc3ncn(C(C)C)c23)cc1C(=O)NC(C)C. The lowest BCUT2D eigenvalue weighted by Gasteiger charge is -2.48. The van der Waals surface area contributed by atoms with Gasteiger partial charge in [0.2, 0.25) is 29.5 Å². The van der Waals surface area contributed by atoms with E-state index in [-0.39, 0.29) is 89.3 Å². The first-order chi connectivity index (χ1) is 40.8. The maximum Gasteiger partial charge on any atom is 0.264 e. The van der Waals surface area contributed by atoms with Gasteiger partial charge in [-0.2, -0.15) is 0 Å². The number of fused-ring (bicyclic) bond motifs is 4. The van der Waals surface area contributed by atoms with Crippen molar-refractivity contribution in [2.45, 2.75) is 153 Å². The van der Waals surface area contributed by atoms with Crippen LogP contribution in [0.25, 0.3) is 22.3 Å². The molecule has 2 unspecified atom stereocenters. The van der Waals surface area contributed by atoms with Crippen LogP contribution in [0.1, 0.15) is 153 Å². The minimum atomic E-state index is -1.07. The third-order valence-electron chi connectivity index (χ3n) is 19.5. The number of nitrogens with one attached hydrogen (secondary N) is 4. The topological polar surface area (TPSA) is 232 Å². The van der Waals surface area contributed by atoms with Crippen molar-refractivity contribution >= 4 is 81.2 Å². The lowest BCUT2D eigenvalue weighted by molar-refractivity contribution is -0.141. The predicted octanol–water partition coefficient (Wildman–Crippen LogP) is 7.37. The number of halogens is 1. The summed E-state index contributed by atoms with van der Waals surface area (Å²) in [5, 5.41) is 11.8. The molecule has 8 aliphatic rings. The molecule has 1 spiro atoms. The summed E-state index contributed by atoms with van der Waals surface area (Å²) in [6.45, 7) is 13.2. The fourth-order valence-corrected chi connectivity index (χ4v) is 14.7. The molecule has 444 valence electrons. The van der Waals surface area contributed by atoms with Gasteiger partial charge in [-0.1, -0.05) is 24.6 Å². The van der Waals surface area contributed by atoms with E-state index in [1.165, 1.54) is 31.4 Å². The van der Waals surface area contributed by atoms with Gasteiger partial charge in [0, 0.05) is 91.2 Å². The van der Waals surface area contributed by atoms with Crippen molar-refractivity contribution in [3.05, 3.63) is 94.6 Å². The molecule has 2 aliphatic carbocycles. The first-order valence-electron chi connectivity index (χ1n) is 30.5. The van der Waals surface area contributed by atoms with Crippen LogP contribution in [0, 0.1) is 24.6 Å². The van der Waals surface area contributed by atoms with Crippen LogP contribution in [-0.2, 0) is 29.4 Å². The van der Waals surface area contributed by atoms with E-state index < -0.39 is 40.9 Å². The van der Waals surface area contributed by atoms with E-state index in [2.05, 4.69) is 43.2 Å². The van der Waals surface area contributed by atoms with Crippen LogP contribution in [0.3, 0.4) is 0 Å². The smallest absolute Gasteiger partial charge is 0.264 e. The number of carbonyl (C=O) groups is 8. The molecule has 0 radical (unpaired) electrons. The molecule has 21 heteroatoms. The molecule has 5 aromatic rings. The van der Waals surface area contributed by atoms with E-state index in [0.717, 1.165) is 47.6 Å². The minimum Gasteiger partial charge on any atom is -0.382 e. The fourth-order valence-electron chi connectivity index (χ4n) is 14.7. The number of benzene rings is 3. The molecular weight excluding hydrogens is 1080 g/mol. The van der Waals surface area contributed by atoms with E-state index in [4.69, 9.17) is 9.97 Å². The van der Waals surface area contributed by atoms with Crippen LogP contribution < -0.4 is 26.2 Å².